The van der Waals surface area contributed by atoms with Crippen molar-refractivity contribution in [2.24, 2.45) is 0 Å². The molecule has 1 unspecified atom stereocenters. The lowest BCUT2D eigenvalue weighted by atomic mass is 9.95. The number of hydrogen-bond donors (Lipinski definition) is 1. The molecule has 5 rings (SSSR count). The van der Waals surface area contributed by atoms with Gasteiger partial charge in [-0.2, -0.15) is 0 Å². The Balaban J connectivity index is 1.13. The topological polar surface area (TPSA) is 45.8 Å². The number of rotatable bonds is 6. The van der Waals surface area contributed by atoms with Crippen LogP contribution in [0.25, 0.3) is 21.1 Å². The van der Waals surface area contributed by atoms with Crippen molar-refractivity contribution in [3.05, 3.63) is 65.5 Å². The second kappa shape index (κ2) is 8.38. The molecule has 30 heavy (non-hydrogen) atoms. The Hall–Kier alpha value is -2.41. The van der Waals surface area contributed by atoms with Crippen LogP contribution in [0.3, 0.4) is 0 Å². The fraction of sp³-hybridized carbons (Fsp3) is 0.333. The number of β-amino-alcohol motifs (C(OH)–C–C–N with tert-alkyl or cyclic N) is 1. The number of nitrogens with zero attached hydrogens (tertiary/aromatic N) is 1. The fourth-order valence-corrected chi connectivity index (χ4v) is 5.51. The van der Waals surface area contributed by atoms with Crippen molar-refractivity contribution in [1.29, 1.82) is 0 Å². The van der Waals surface area contributed by atoms with Crippen molar-refractivity contribution in [3.63, 3.8) is 0 Å². The van der Waals surface area contributed by atoms with E-state index in [1.54, 1.807) is 23.7 Å². The summed E-state index contributed by atoms with van der Waals surface area (Å²) >= 11 is 1.70. The first-order valence-electron chi connectivity index (χ1n) is 10.3. The Bertz CT molecular complexity index is 1150. The van der Waals surface area contributed by atoms with E-state index in [0.29, 0.717) is 12.5 Å². The van der Waals surface area contributed by atoms with Crippen LogP contribution in [0.15, 0.2) is 59.2 Å². The SMILES string of the molecule is OC(COc1cccc2occc12)CN1CCC(c2cc3ccc(F)cc3s2)CC1. The maximum atomic E-state index is 13.5. The van der Waals surface area contributed by atoms with Gasteiger partial charge in [0.2, 0.25) is 0 Å². The standard InChI is InChI=1S/C24H24FNO3S/c25-18-5-4-17-12-23(30-24(17)13-18)16-6-9-26(10-7-16)14-19(27)15-29-22-3-1-2-21-20(22)8-11-28-21/h1-5,8,11-13,16,19,27H,6-7,9-10,14-15H2. The fourth-order valence-electron chi connectivity index (χ4n) is 4.26. The van der Waals surface area contributed by atoms with Crippen molar-refractivity contribution in [3.8, 4) is 5.75 Å². The molecule has 0 bridgehead atoms. The van der Waals surface area contributed by atoms with Gasteiger partial charge in [-0.25, -0.2) is 4.39 Å². The molecule has 0 radical (unpaired) electrons. The minimum Gasteiger partial charge on any atom is -0.490 e. The number of hydrogen-bond acceptors (Lipinski definition) is 5. The second-order valence-electron chi connectivity index (χ2n) is 7.96. The number of aliphatic hydroxyl groups is 1. The van der Waals surface area contributed by atoms with Crippen LogP contribution in [-0.4, -0.2) is 42.4 Å². The summed E-state index contributed by atoms with van der Waals surface area (Å²) in [4.78, 5) is 3.64. The Morgan fingerprint density at radius 1 is 1.17 bits per heavy atom. The van der Waals surface area contributed by atoms with E-state index in [4.69, 9.17) is 9.15 Å². The minimum absolute atomic E-state index is 0.175. The molecule has 1 aliphatic heterocycles. The smallest absolute Gasteiger partial charge is 0.137 e. The third kappa shape index (κ3) is 4.08. The van der Waals surface area contributed by atoms with E-state index in [1.165, 1.54) is 10.9 Å². The Labute approximate surface area is 178 Å². The van der Waals surface area contributed by atoms with Gasteiger partial charge in [0, 0.05) is 16.1 Å². The van der Waals surface area contributed by atoms with Crippen LogP contribution in [0.1, 0.15) is 23.6 Å². The molecular weight excluding hydrogens is 401 g/mol. The van der Waals surface area contributed by atoms with E-state index in [-0.39, 0.29) is 12.4 Å². The van der Waals surface area contributed by atoms with Crippen LogP contribution < -0.4 is 4.74 Å². The third-order valence-corrected chi connectivity index (χ3v) is 7.11. The first-order chi connectivity index (χ1) is 14.7. The molecule has 4 nitrogen and oxygen atoms in total. The van der Waals surface area contributed by atoms with Gasteiger partial charge in [-0.1, -0.05) is 12.1 Å². The number of benzene rings is 2. The Morgan fingerprint density at radius 3 is 2.90 bits per heavy atom. The van der Waals surface area contributed by atoms with Crippen LogP contribution in [0, 0.1) is 5.82 Å². The first-order valence-corrected chi connectivity index (χ1v) is 11.2. The summed E-state index contributed by atoms with van der Waals surface area (Å²) in [6.07, 6.45) is 3.20. The molecule has 0 amide bonds. The van der Waals surface area contributed by atoms with Crippen molar-refractivity contribution < 1.29 is 18.7 Å². The van der Waals surface area contributed by atoms with Gasteiger partial charge in [0.1, 0.15) is 29.9 Å². The summed E-state index contributed by atoms with van der Waals surface area (Å²) in [6.45, 7) is 2.75. The zero-order valence-corrected chi connectivity index (χ0v) is 17.4. The lowest BCUT2D eigenvalue weighted by Crippen LogP contribution is -2.40. The molecule has 1 atom stereocenters. The summed E-state index contributed by atoms with van der Waals surface area (Å²) in [5.41, 5.74) is 0.785. The molecule has 1 saturated heterocycles. The molecule has 156 valence electrons. The highest BCUT2D eigenvalue weighted by Gasteiger charge is 2.24. The highest BCUT2D eigenvalue weighted by molar-refractivity contribution is 7.19. The van der Waals surface area contributed by atoms with Gasteiger partial charge < -0.3 is 19.2 Å². The number of fused-ring (bicyclic) bond motifs is 2. The van der Waals surface area contributed by atoms with Crippen LogP contribution >= 0.6 is 11.3 Å². The van der Waals surface area contributed by atoms with Gasteiger partial charge in [-0.05, 0) is 73.6 Å². The summed E-state index contributed by atoms with van der Waals surface area (Å²) < 4.78 is 25.7. The third-order valence-electron chi connectivity index (χ3n) is 5.85. The van der Waals surface area contributed by atoms with Gasteiger partial charge in [-0.3, -0.25) is 0 Å². The summed E-state index contributed by atoms with van der Waals surface area (Å²) in [6, 6.07) is 14.8. The first kappa shape index (κ1) is 19.5. The Kier molecular flexibility index (Phi) is 5.46. The predicted octanol–water partition coefficient (Wildman–Crippen LogP) is 5.41. The van der Waals surface area contributed by atoms with Gasteiger partial charge in [0.05, 0.1) is 11.6 Å². The van der Waals surface area contributed by atoms with Gasteiger partial charge in [-0.15, -0.1) is 11.3 Å². The van der Waals surface area contributed by atoms with Crippen molar-refractivity contribution >= 4 is 32.4 Å². The second-order valence-corrected chi connectivity index (χ2v) is 9.07. The van der Waals surface area contributed by atoms with E-state index in [9.17, 15) is 9.50 Å². The summed E-state index contributed by atoms with van der Waals surface area (Å²) in [5, 5.41) is 12.5. The zero-order chi connectivity index (χ0) is 20.5. The molecule has 1 N–H and O–H groups in total. The number of halogens is 1. The maximum Gasteiger partial charge on any atom is 0.137 e. The quantitative estimate of drug-likeness (QED) is 0.449. The molecule has 2 aromatic carbocycles. The van der Waals surface area contributed by atoms with E-state index < -0.39 is 6.10 Å². The number of aliphatic hydroxyl groups excluding tert-OH is 1. The average Bonchev–Trinajstić information content (AvgIpc) is 3.39. The van der Waals surface area contributed by atoms with E-state index >= 15 is 0 Å². The molecular formula is C24H24FNO3S. The number of ether oxygens (including phenoxy) is 1. The molecule has 0 aliphatic carbocycles. The van der Waals surface area contributed by atoms with Gasteiger partial charge in [0.15, 0.2) is 0 Å². The number of piperidine rings is 1. The summed E-state index contributed by atoms with van der Waals surface area (Å²) in [7, 11) is 0. The molecule has 4 aromatic rings. The van der Waals surface area contributed by atoms with E-state index in [2.05, 4.69) is 11.0 Å². The molecule has 6 heteroatoms. The lowest BCUT2D eigenvalue weighted by Gasteiger charge is -2.32. The van der Waals surface area contributed by atoms with Crippen LogP contribution in [0.5, 0.6) is 5.75 Å². The number of likely N-dealkylation sites (tertiary alicyclic amines) is 1. The molecule has 1 aliphatic rings. The maximum absolute atomic E-state index is 13.5. The normalized spacial score (nSPS) is 17.0. The lowest BCUT2D eigenvalue weighted by molar-refractivity contribution is 0.0600. The molecule has 0 saturated carbocycles. The van der Waals surface area contributed by atoms with Crippen LogP contribution in [0.2, 0.25) is 0 Å². The highest BCUT2D eigenvalue weighted by Crippen LogP contribution is 2.36. The number of furan rings is 1. The molecule has 1 fully saturated rings. The summed E-state index contributed by atoms with van der Waals surface area (Å²) in [5.74, 6) is 1.07. The molecule has 2 aromatic heterocycles. The van der Waals surface area contributed by atoms with Crippen LogP contribution in [-0.2, 0) is 0 Å². The molecule has 3 heterocycles. The zero-order valence-electron chi connectivity index (χ0n) is 16.6. The van der Waals surface area contributed by atoms with E-state index in [0.717, 1.165) is 52.7 Å². The molecule has 0 spiro atoms. The van der Waals surface area contributed by atoms with Gasteiger partial charge >= 0.3 is 0 Å². The largest absolute Gasteiger partial charge is 0.490 e. The van der Waals surface area contributed by atoms with Crippen molar-refractivity contribution in [2.75, 3.05) is 26.2 Å². The van der Waals surface area contributed by atoms with Crippen molar-refractivity contribution in [2.45, 2.75) is 24.9 Å². The van der Waals surface area contributed by atoms with E-state index in [1.807, 2.05) is 30.3 Å². The van der Waals surface area contributed by atoms with Gasteiger partial charge in [0.25, 0.3) is 0 Å². The van der Waals surface area contributed by atoms with Crippen LogP contribution in [0.4, 0.5) is 4.39 Å². The highest BCUT2D eigenvalue weighted by atomic mass is 32.1. The minimum atomic E-state index is -0.545. The number of thiophene rings is 1. The Morgan fingerprint density at radius 2 is 2.03 bits per heavy atom. The average molecular weight is 426 g/mol. The van der Waals surface area contributed by atoms with Crippen molar-refractivity contribution in [1.82, 2.24) is 4.90 Å². The predicted molar refractivity (Wildman–Crippen MR) is 118 cm³/mol. The monoisotopic (exact) mass is 425 g/mol.